The predicted octanol–water partition coefficient (Wildman–Crippen LogP) is 9.89. The number of esters is 1. The second-order valence-corrected chi connectivity index (χ2v) is 15.7. The fraction of sp³-hybridized carbons (Fsp3) is 0.359. The minimum atomic E-state index is -0.207. The molecule has 4 bridgehead atoms. The summed E-state index contributed by atoms with van der Waals surface area (Å²) in [5.74, 6) is 3.92. The monoisotopic (exact) mass is 585 g/mol. The Hall–Kier alpha value is -3.63. The first-order valence-electron chi connectivity index (χ1n) is 16.1. The van der Waals surface area contributed by atoms with Gasteiger partial charge in [0.2, 0.25) is 0 Å². The Morgan fingerprint density at radius 1 is 0.651 bits per heavy atom. The van der Waals surface area contributed by atoms with Gasteiger partial charge in [-0.3, -0.25) is 0 Å². The predicted molar refractivity (Wildman–Crippen MR) is 174 cm³/mol. The second-order valence-electron chi connectivity index (χ2n) is 13.7. The molecule has 1 aromatic heterocycles. The van der Waals surface area contributed by atoms with E-state index >= 15 is 0 Å². The van der Waals surface area contributed by atoms with Gasteiger partial charge in [0.1, 0.15) is 11.4 Å². The summed E-state index contributed by atoms with van der Waals surface area (Å²) in [5.41, 5.74) is 2.56. The molecular weight excluding hydrogens is 548 g/mol. The largest absolute Gasteiger partial charge is 0.482 e. The van der Waals surface area contributed by atoms with E-state index < -0.39 is 0 Å². The lowest BCUT2D eigenvalue weighted by Gasteiger charge is -2.55. The Balaban J connectivity index is 0.843. The summed E-state index contributed by atoms with van der Waals surface area (Å²) < 4.78 is 14.9. The topological polar surface area (TPSA) is 35.5 Å². The summed E-state index contributed by atoms with van der Waals surface area (Å²) in [7, 11) is -0.0455. The maximum absolute atomic E-state index is 12.8. The van der Waals surface area contributed by atoms with Crippen molar-refractivity contribution in [2.45, 2.75) is 62.4 Å². The molecule has 2 unspecified atom stereocenters. The summed E-state index contributed by atoms with van der Waals surface area (Å²) in [6.07, 6.45) is 8.40. The Bertz CT molecular complexity index is 1740. The number of ether oxygens (including phenoxy) is 2. The van der Waals surface area contributed by atoms with Crippen LogP contribution in [0.15, 0.2) is 97.1 Å². The molecule has 5 aliphatic carbocycles. The lowest BCUT2D eigenvalue weighted by Crippen LogP contribution is -2.53. The van der Waals surface area contributed by atoms with Gasteiger partial charge in [0.25, 0.3) is 0 Å². The highest BCUT2D eigenvalue weighted by Crippen LogP contribution is 2.58. The van der Waals surface area contributed by atoms with Crippen molar-refractivity contribution < 1.29 is 14.3 Å². The van der Waals surface area contributed by atoms with Crippen molar-refractivity contribution in [1.82, 2.24) is 0 Å². The fourth-order valence-electron chi connectivity index (χ4n) is 9.27. The lowest BCUT2D eigenvalue weighted by atomic mass is 9.54. The molecule has 0 radical (unpaired) electrons. The number of carbonyl (C=O) groups is 1. The highest BCUT2D eigenvalue weighted by Gasteiger charge is 2.53. The van der Waals surface area contributed by atoms with E-state index in [4.69, 9.17) is 9.47 Å². The van der Waals surface area contributed by atoms with Crippen molar-refractivity contribution in [2.24, 2.45) is 17.8 Å². The molecule has 0 saturated heterocycles. The third-order valence-corrected chi connectivity index (χ3v) is 13.2. The van der Waals surface area contributed by atoms with Gasteiger partial charge in [0.15, 0.2) is 20.9 Å². The summed E-state index contributed by atoms with van der Waals surface area (Å²) >= 11 is 0. The summed E-state index contributed by atoms with van der Waals surface area (Å²) in [5, 5.41) is 2.75. The molecule has 4 heteroatoms. The first-order chi connectivity index (χ1) is 21.1. The summed E-state index contributed by atoms with van der Waals surface area (Å²) in [6, 6.07) is 35.5. The molecule has 5 aromatic rings. The molecule has 0 spiro atoms. The number of benzene rings is 4. The van der Waals surface area contributed by atoms with E-state index in [0.29, 0.717) is 11.8 Å². The molecule has 1 heterocycles. The molecule has 2 atom stereocenters. The quantitative estimate of drug-likeness (QED) is 0.141. The molecule has 216 valence electrons. The summed E-state index contributed by atoms with van der Waals surface area (Å²) in [6.45, 7) is -0.00386. The maximum atomic E-state index is 12.8. The number of fused-ring (bicyclic) bond motifs is 3. The molecular formula is C39H37O3S+. The third-order valence-electron chi connectivity index (χ3n) is 10.8. The number of rotatable bonds is 7. The van der Waals surface area contributed by atoms with Crippen molar-refractivity contribution >= 4 is 36.6 Å². The molecule has 0 N–H and O–H groups in total. The van der Waals surface area contributed by atoms with E-state index in [2.05, 4.69) is 84.9 Å². The second kappa shape index (κ2) is 9.95. The van der Waals surface area contributed by atoms with E-state index in [1.807, 2.05) is 12.1 Å². The van der Waals surface area contributed by atoms with Crippen LogP contribution in [0.3, 0.4) is 0 Å². The van der Waals surface area contributed by atoms with Gasteiger partial charge in [-0.15, -0.1) is 0 Å². The average molecular weight is 586 g/mol. The van der Waals surface area contributed by atoms with E-state index in [9.17, 15) is 4.79 Å². The average Bonchev–Trinajstić information content (AvgIpc) is 3.75. The van der Waals surface area contributed by atoms with Crippen LogP contribution in [0.4, 0.5) is 0 Å². The van der Waals surface area contributed by atoms with Gasteiger partial charge >= 0.3 is 5.97 Å². The Labute approximate surface area is 255 Å². The maximum Gasteiger partial charge on any atom is 0.344 e. The van der Waals surface area contributed by atoms with E-state index in [1.165, 1.54) is 61.9 Å². The molecule has 5 fully saturated rings. The third kappa shape index (κ3) is 4.57. The van der Waals surface area contributed by atoms with Gasteiger partial charge in [-0.2, -0.15) is 0 Å². The van der Waals surface area contributed by atoms with Gasteiger partial charge in [-0.25, -0.2) is 4.79 Å². The zero-order chi connectivity index (χ0) is 28.5. The van der Waals surface area contributed by atoms with Gasteiger partial charge in [0, 0.05) is 21.2 Å². The highest BCUT2D eigenvalue weighted by molar-refractivity contribution is 7.50. The van der Waals surface area contributed by atoms with Crippen molar-refractivity contribution in [3.8, 4) is 10.6 Å². The van der Waals surface area contributed by atoms with Crippen molar-refractivity contribution in [3.05, 3.63) is 108 Å². The smallest absolute Gasteiger partial charge is 0.344 e. The Morgan fingerprint density at radius 3 is 1.72 bits per heavy atom. The molecule has 0 aliphatic heterocycles. The minimum Gasteiger partial charge on any atom is -0.482 e. The summed E-state index contributed by atoms with van der Waals surface area (Å²) in [4.78, 5) is 14.2. The first-order valence-corrected chi connectivity index (χ1v) is 17.3. The molecule has 43 heavy (non-hydrogen) atoms. The Morgan fingerprint density at radius 2 is 1.16 bits per heavy atom. The number of hydrogen-bond acceptors (Lipinski definition) is 3. The van der Waals surface area contributed by atoms with Crippen molar-refractivity contribution in [1.29, 1.82) is 0 Å². The molecule has 4 aromatic carbocycles. The van der Waals surface area contributed by atoms with Crippen LogP contribution in [0.5, 0.6) is 5.75 Å². The molecule has 3 nitrogen and oxygen atoms in total. The van der Waals surface area contributed by atoms with Crippen LogP contribution in [0.1, 0.15) is 67.9 Å². The zero-order valence-corrected chi connectivity index (χ0v) is 25.2. The van der Waals surface area contributed by atoms with Crippen molar-refractivity contribution in [2.75, 3.05) is 6.61 Å². The van der Waals surface area contributed by atoms with Crippen LogP contribution in [0, 0.1) is 17.8 Å². The van der Waals surface area contributed by atoms with Crippen LogP contribution in [-0.2, 0) is 9.53 Å². The van der Waals surface area contributed by atoms with Gasteiger partial charge in [-0.1, -0.05) is 48.5 Å². The number of thiophene rings is 1. The molecule has 5 aliphatic rings. The van der Waals surface area contributed by atoms with E-state index in [0.717, 1.165) is 42.8 Å². The van der Waals surface area contributed by atoms with E-state index in [-0.39, 0.29) is 28.6 Å². The van der Waals surface area contributed by atoms with Gasteiger partial charge < -0.3 is 9.47 Å². The fourth-order valence-corrected chi connectivity index (χ4v) is 11.6. The SMILES string of the molecule is O=C(COc1ccc(C2CC2c2ccc(-[s+]3c4ccccc4c4ccccc43)cc2)cc1)OC12CC3CC(CC(C3)C1)C2. The van der Waals surface area contributed by atoms with Crippen LogP contribution < -0.4 is 4.74 Å². The normalized spacial score (nSPS) is 28.8. The van der Waals surface area contributed by atoms with Crippen LogP contribution >= 0.6 is 10.5 Å². The van der Waals surface area contributed by atoms with Gasteiger partial charge in [-0.05, 0) is 134 Å². The van der Waals surface area contributed by atoms with Crippen LogP contribution in [0.2, 0.25) is 0 Å². The molecule has 10 rings (SSSR count). The standard InChI is InChI=1S/C39H37O3S/c40-38(42-39-21-25-17-26(22-39)19-27(18-25)23-39)24-41-30-13-9-28(10-14-30)34-20-35(34)29-11-15-31(16-12-29)43-36-7-3-1-5-32(36)33-6-2-4-8-37(33)43/h1-16,25-27,34-35H,17-24H2/q+1. The van der Waals surface area contributed by atoms with Crippen molar-refractivity contribution in [3.63, 3.8) is 0 Å². The van der Waals surface area contributed by atoms with Crippen LogP contribution in [-0.4, -0.2) is 18.2 Å². The zero-order valence-electron chi connectivity index (χ0n) is 24.4. The van der Waals surface area contributed by atoms with Crippen LogP contribution in [0.25, 0.3) is 25.1 Å². The minimum absolute atomic E-state index is 0.00386. The number of hydrogen-bond donors (Lipinski definition) is 0. The number of carbonyl (C=O) groups excluding carboxylic acids is 1. The lowest BCUT2D eigenvalue weighted by molar-refractivity contribution is -0.188. The van der Waals surface area contributed by atoms with Gasteiger partial charge in [0.05, 0.1) is 0 Å². The molecule has 0 amide bonds. The molecule has 5 saturated carbocycles. The first kappa shape index (κ1) is 25.8. The van der Waals surface area contributed by atoms with E-state index in [1.54, 1.807) is 0 Å². The Kier molecular flexibility index (Phi) is 5.98. The highest BCUT2D eigenvalue weighted by atomic mass is 32.2.